The van der Waals surface area contributed by atoms with Gasteiger partial charge in [0.05, 0.1) is 0 Å². The molecule has 132 valence electrons. The molecule has 1 spiro atoms. The van der Waals surface area contributed by atoms with Crippen LogP contribution in [0.4, 0.5) is 0 Å². The Hall–Kier alpha value is -1.63. The SMILES string of the molecule is c1ccc([C]23[CH]4[CH]5[C]6(c7ccc8ccccc8n7)[CH]2[Fe]45362789[CH]3[CH]2[CH]7[CH]8[CH]39)cc1. The summed E-state index contributed by atoms with van der Waals surface area (Å²) in [7, 11) is 0. The summed E-state index contributed by atoms with van der Waals surface area (Å²) >= 11 is 0. The molecule has 1 nitrogen and oxygen atoms in total. The Kier molecular flexibility index (Phi) is 0.498. The Bertz CT molecular complexity index is 1780. The molecule has 10 saturated heterocycles. The van der Waals surface area contributed by atoms with E-state index in [9.17, 15) is 0 Å². The predicted molar refractivity (Wildman–Crippen MR) is 102 cm³/mol. The van der Waals surface area contributed by atoms with E-state index < -0.39 is 6.51 Å². The first-order chi connectivity index (χ1) is 13.1. The van der Waals surface area contributed by atoms with Gasteiger partial charge in [0.15, 0.2) is 0 Å². The zero-order valence-corrected chi connectivity index (χ0v) is 15.9. The van der Waals surface area contributed by atoms with Gasteiger partial charge in [0, 0.05) is 0 Å². The molecule has 10 fully saturated rings. The molecule has 1 aromatic heterocycles. The maximum atomic E-state index is 5.43. The van der Waals surface area contributed by atoms with Crippen LogP contribution in [0.15, 0.2) is 66.7 Å². The molecule has 3 aromatic rings. The number of hydrogen-bond acceptors (Lipinski definition) is 1. The average molecular weight is 389 g/mol. The molecule has 0 aliphatic carbocycles. The first-order valence-electron chi connectivity index (χ1n) is 10.7. The van der Waals surface area contributed by atoms with E-state index >= 15 is 0 Å². The van der Waals surface area contributed by atoms with Crippen LogP contribution in [0, 0.1) is 0 Å². The van der Waals surface area contributed by atoms with Gasteiger partial charge in [-0.05, 0) is 0 Å². The fraction of sp³-hybridized carbons (Fsp3) is 0.400. The number of benzene rings is 2. The van der Waals surface area contributed by atoms with Crippen LogP contribution in [-0.2, 0) is 15.1 Å². The molecule has 0 amide bonds. The van der Waals surface area contributed by atoms with Gasteiger partial charge in [-0.3, -0.25) is 0 Å². The molecule has 13 rings (SSSR count). The third-order valence-electron chi connectivity index (χ3n) is 18.0. The van der Waals surface area contributed by atoms with Crippen molar-refractivity contribution < 1.29 is 6.51 Å². The molecule has 2 heteroatoms. The summed E-state index contributed by atoms with van der Waals surface area (Å²) in [5, 5.41) is 1.32. The van der Waals surface area contributed by atoms with E-state index in [1.54, 1.807) is 5.69 Å². The molecule has 11 heterocycles. The third-order valence-corrected chi connectivity index (χ3v) is 60.8. The van der Waals surface area contributed by atoms with Crippen LogP contribution in [0.1, 0.15) is 11.3 Å². The van der Waals surface area contributed by atoms with Gasteiger partial charge in [-0.2, -0.15) is 0 Å². The van der Waals surface area contributed by atoms with Gasteiger partial charge in [0.1, 0.15) is 0 Å². The molecule has 0 radical (unpaired) electrons. The third kappa shape index (κ3) is 0.174. The second kappa shape index (κ2) is 1.25. The van der Waals surface area contributed by atoms with Crippen molar-refractivity contribution in [1.82, 2.24) is 4.98 Å². The van der Waals surface area contributed by atoms with Crippen LogP contribution >= 0.6 is 0 Å². The summed E-state index contributed by atoms with van der Waals surface area (Å²) < 4.78 is 1.47. The number of hydrogen-bond donors (Lipinski definition) is 0. The summed E-state index contributed by atoms with van der Waals surface area (Å²) in [5.41, 5.74) is 4.67. The van der Waals surface area contributed by atoms with Gasteiger partial charge >= 0.3 is 148 Å². The van der Waals surface area contributed by atoms with E-state index in [0.717, 1.165) is 9.13 Å². The maximum absolute atomic E-state index is 5.43. The molecular weight excluding hydrogens is 370 g/mol. The fourth-order valence-corrected chi connectivity index (χ4v) is 96.0. The van der Waals surface area contributed by atoms with Crippen LogP contribution in [0.5, 0.6) is 0 Å². The van der Waals surface area contributed by atoms with Crippen LogP contribution < -0.4 is 0 Å². The summed E-state index contributed by atoms with van der Waals surface area (Å²) in [6.07, 6.45) is 0. The monoisotopic (exact) mass is 389 g/mol. The van der Waals surface area contributed by atoms with Crippen molar-refractivity contribution >= 4 is 10.9 Å². The number of aromatic nitrogens is 1. The summed E-state index contributed by atoms with van der Waals surface area (Å²) in [6.45, 7) is -3.52. The molecule has 2 aromatic carbocycles. The Morgan fingerprint density at radius 3 is 2.04 bits per heavy atom. The molecule has 0 saturated carbocycles. The zero-order valence-electron chi connectivity index (χ0n) is 14.8. The predicted octanol–water partition coefficient (Wildman–Crippen LogP) is 6.14. The summed E-state index contributed by atoms with van der Waals surface area (Å²) in [6, 6.07) is 25.7. The molecule has 0 bridgehead atoms. The molecule has 0 N–H and O–H groups in total. The number of pyridine rings is 1. The number of fused-ring (bicyclic) bond motifs is 11. The zero-order chi connectivity index (χ0) is 16.7. The van der Waals surface area contributed by atoms with Crippen molar-refractivity contribution in [2.45, 2.75) is 47.2 Å². The second-order valence-corrected chi connectivity index (χ2v) is 36.7. The van der Waals surface area contributed by atoms with Crippen LogP contribution in [0.25, 0.3) is 10.9 Å². The van der Waals surface area contributed by atoms with E-state index in [0.29, 0.717) is 4.31 Å². The standard InChI is InChI=1S/C20H14N.C5H5.Fe/c1-2-6-15(7-3-1)17-10-11-18(14-17)20-13-12-16-8-4-5-9-19(16)21-20;1-2-4-5-3-1;/h1-14H;1-5H;. The van der Waals surface area contributed by atoms with Crippen LogP contribution in [0.2, 0.25) is 38.5 Å². The van der Waals surface area contributed by atoms with Gasteiger partial charge in [-0.25, -0.2) is 0 Å². The van der Waals surface area contributed by atoms with Gasteiger partial charge in [-0.15, -0.1) is 0 Å². The van der Waals surface area contributed by atoms with E-state index in [1.165, 1.54) is 44.6 Å². The van der Waals surface area contributed by atoms with Crippen molar-refractivity contribution in [3.8, 4) is 0 Å². The van der Waals surface area contributed by atoms with Gasteiger partial charge < -0.3 is 0 Å². The molecule has 10 aliphatic rings. The van der Waals surface area contributed by atoms with Gasteiger partial charge in [0.25, 0.3) is 0 Å². The van der Waals surface area contributed by atoms with E-state index in [-0.39, 0.29) is 0 Å². The second-order valence-electron chi connectivity index (χ2n) is 13.5. The van der Waals surface area contributed by atoms with Crippen molar-refractivity contribution in [2.75, 3.05) is 0 Å². The Balaban J connectivity index is 1.27. The number of rotatable bonds is 2. The van der Waals surface area contributed by atoms with Crippen molar-refractivity contribution in [1.29, 1.82) is 0 Å². The average Bonchev–Trinajstić information content (AvgIpc) is 3.67. The van der Waals surface area contributed by atoms with Crippen molar-refractivity contribution in [3.63, 3.8) is 0 Å². The Morgan fingerprint density at radius 1 is 0.667 bits per heavy atom. The fourth-order valence-electron chi connectivity index (χ4n) is 20.0. The van der Waals surface area contributed by atoms with Crippen LogP contribution in [0.3, 0.4) is 0 Å². The molecular formula is C25H19FeN. The van der Waals surface area contributed by atoms with Gasteiger partial charge in [-0.1, -0.05) is 0 Å². The van der Waals surface area contributed by atoms with E-state index in [2.05, 4.69) is 66.7 Å². The normalized spacial score (nSPS) is 82.1. The molecule has 5 unspecified atom stereocenters. The van der Waals surface area contributed by atoms with E-state index in [1.807, 2.05) is 5.56 Å². The summed E-state index contributed by atoms with van der Waals surface area (Å²) in [4.78, 5) is 15.5. The topological polar surface area (TPSA) is 12.9 Å². The minimum atomic E-state index is -3.52. The first kappa shape index (κ1) is 10.8. The van der Waals surface area contributed by atoms with E-state index in [4.69, 9.17) is 4.98 Å². The van der Waals surface area contributed by atoms with Gasteiger partial charge in [0.2, 0.25) is 0 Å². The quantitative estimate of drug-likeness (QED) is 0.480. The van der Waals surface area contributed by atoms with Crippen molar-refractivity contribution in [2.24, 2.45) is 0 Å². The Labute approximate surface area is 147 Å². The molecule has 5 atom stereocenters. The first-order valence-corrected chi connectivity index (χ1v) is 16.9. The number of nitrogens with zero attached hydrogens (tertiary/aromatic N) is 1. The molecule has 27 heavy (non-hydrogen) atoms. The van der Waals surface area contributed by atoms with Crippen LogP contribution in [-0.4, -0.2) is 4.98 Å². The number of para-hydroxylation sites is 1. The minimum absolute atomic E-state index is 0.689. The Morgan fingerprint density at radius 2 is 1.33 bits per heavy atom. The molecule has 10 aliphatic heterocycles. The van der Waals surface area contributed by atoms with Crippen molar-refractivity contribution in [3.05, 3.63) is 78.0 Å². The summed E-state index contributed by atoms with van der Waals surface area (Å²) in [5.74, 6) is 0.